The van der Waals surface area contributed by atoms with Crippen molar-refractivity contribution in [3.05, 3.63) is 46.5 Å². The predicted octanol–water partition coefficient (Wildman–Crippen LogP) is 2.98. The molecule has 2 amide bonds. The highest BCUT2D eigenvalue weighted by Gasteiger charge is 2.73. The van der Waals surface area contributed by atoms with E-state index >= 15 is 0 Å². The molecule has 2 bridgehead atoms. The number of halogens is 1. The smallest absolute Gasteiger partial charge is 0.254 e. The van der Waals surface area contributed by atoms with Gasteiger partial charge >= 0.3 is 0 Å². The van der Waals surface area contributed by atoms with Gasteiger partial charge in [0, 0.05) is 4.47 Å². The molecular weight excluding hydrogens is 356 g/mol. The SMILES string of the molecule is O=C1C2C(C(=O)N1/N=C/c1ccc(Br)cc1)C1C=CC2C12CC2. The molecule has 0 radical (unpaired) electrons. The highest BCUT2D eigenvalue weighted by Crippen LogP contribution is 2.73. The largest absolute Gasteiger partial charge is 0.272 e. The van der Waals surface area contributed by atoms with Crippen molar-refractivity contribution in [2.24, 2.45) is 34.2 Å². The Morgan fingerprint density at radius 1 is 1.04 bits per heavy atom. The van der Waals surface area contributed by atoms with Gasteiger partial charge in [-0.15, -0.1) is 0 Å². The number of allylic oxidation sites excluding steroid dienone is 2. The number of carbonyl (C=O) groups excluding carboxylic acids is 2. The van der Waals surface area contributed by atoms with Gasteiger partial charge in [-0.3, -0.25) is 9.59 Å². The minimum atomic E-state index is -0.179. The molecule has 5 heteroatoms. The molecule has 0 N–H and O–H groups in total. The molecule has 116 valence electrons. The van der Waals surface area contributed by atoms with Gasteiger partial charge < -0.3 is 0 Å². The molecular formula is C18H15BrN2O2. The third-order valence-corrected chi connectivity index (χ3v) is 6.55. The van der Waals surface area contributed by atoms with Crippen LogP contribution in [0, 0.1) is 29.1 Å². The van der Waals surface area contributed by atoms with Crippen LogP contribution in [-0.2, 0) is 9.59 Å². The third-order valence-electron chi connectivity index (χ3n) is 6.02. The molecule has 1 saturated heterocycles. The van der Waals surface area contributed by atoms with Gasteiger partial charge in [-0.25, -0.2) is 0 Å². The average molecular weight is 371 g/mol. The summed E-state index contributed by atoms with van der Waals surface area (Å²) in [6.45, 7) is 0. The van der Waals surface area contributed by atoms with Crippen molar-refractivity contribution in [1.82, 2.24) is 5.01 Å². The second-order valence-corrected chi connectivity index (χ2v) is 7.92. The zero-order valence-corrected chi connectivity index (χ0v) is 13.9. The van der Waals surface area contributed by atoms with Crippen LogP contribution in [0.4, 0.5) is 0 Å². The van der Waals surface area contributed by atoms with Gasteiger partial charge in [0.1, 0.15) is 0 Å². The lowest BCUT2D eigenvalue weighted by molar-refractivity contribution is -0.141. The molecule has 3 aliphatic carbocycles. The molecule has 4 unspecified atom stereocenters. The number of hydrogen-bond acceptors (Lipinski definition) is 3. The number of amides is 2. The Bertz CT molecular complexity index is 745. The number of fused-ring (bicyclic) bond motifs is 3. The second kappa shape index (κ2) is 4.41. The van der Waals surface area contributed by atoms with Crippen LogP contribution in [0.2, 0.25) is 0 Å². The summed E-state index contributed by atoms with van der Waals surface area (Å²) in [5.41, 5.74) is 1.10. The van der Waals surface area contributed by atoms with E-state index in [-0.39, 0.29) is 40.9 Å². The lowest BCUT2D eigenvalue weighted by Gasteiger charge is -2.18. The van der Waals surface area contributed by atoms with Crippen LogP contribution in [0.1, 0.15) is 18.4 Å². The quantitative estimate of drug-likeness (QED) is 0.456. The van der Waals surface area contributed by atoms with E-state index in [0.29, 0.717) is 0 Å². The molecule has 1 spiro atoms. The van der Waals surface area contributed by atoms with E-state index in [1.54, 1.807) is 6.21 Å². The molecule has 4 atom stereocenters. The fourth-order valence-corrected chi connectivity index (χ4v) is 5.11. The predicted molar refractivity (Wildman–Crippen MR) is 88.4 cm³/mol. The van der Waals surface area contributed by atoms with Crippen LogP contribution < -0.4 is 0 Å². The normalized spacial score (nSPS) is 35.8. The van der Waals surface area contributed by atoms with E-state index in [1.165, 1.54) is 0 Å². The van der Waals surface area contributed by atoms with Crippen molar-refractivity contribution in [2.75, 3.05) is 0 Å². The summed E-state index contributed by atoms with van der Waals surface area (Å²) in [4.78, 5) is 25.5. The topological polar surface area (TPSA) is 49.7 Å². The Balaban J connectivity index is 1.43. The lowest BCUT2D eigenvalue weighted by Crippen LogP contribution is -2.30. The first kappa shape index (κ1) is 13.7. The maximum Gasteiger partial charge on any atom is 0.254 e. The summed E-state index contributed by atoms with van der Waals surface area (Å²) in [7, 11) is 0. The Kier molecular flexibility index (Phi) is 2.62. The Morgan fingerprint density at radius 3 is 2.13 bits per heavy atom. The average Bonchev–Trinajstić information content (AvgIpc) is 3.15. The lowest BCUT2D eigenvalue weighted by atomic mass is 9.85. The van der Waals surface area contributed by atoms with E-state index in [4.69, 9.17) is 0 Å². The molecule has 1 aliphatic heterocycles. The van der Waals surface area contributed by atoms with Crippen LogP contribution >= 0.6 is 15.9 Å². The number of rotatable bonds is 2. The molecule has 1 aromatic carbocycles. The summed E-state index contributed by atoms with van der Waals surface area (Å²) < 4.78 is 0.981. The van der Waals surface area contributed by atoms with Crippen molar-refractivity contribution < 1.29 is 9.59 Å². The third kappa shape index (κ3) is 1.69. The highest BCUT2D eigenvalue weighted by molar-refractivity contribution is 9.10. The fourth-order valence-electron chi connectivity index (χ4n) is 4.85. The van der Waals surface area contributed by atoms with Gasteiger partial charge in [-0.1, -0.05) is 40.2 Å². The van der Waals surface area contributed by atoms with Gasteiger partial charge in [0.05, 0.1) is 18.1 Å². The molecule has 23 heavy (non-hydrogen) atoms. The summed E-state index contributed by atoms with van der Waals surface area (Å²) in [6.07, 6.45) is 8.25. The number of imide groups is 1. The Morgan fingerprint density at radius 2 is 1.61 bits per heavy atom. The number of benzene rings is 1. The summed E-state index contributed by atoms with van der Waals surface area (Å²) in [5.74, 6) is -0.0826. The van der Waals surface area contributed by atoms with E-state index in [2.05, 4.69) is 33.2 Å². The van der Waals surface area contributed by atoms with Crippen LogP contribution in [0.5, 0.6) is 0 Å². The van der Waals surface area contributed by atoms with E-state index in [1.807, 2.05) is 24.3 Å². The minimum absolute atomic E-state index is 0.114. The van der Waals surface area contributed by atoms with E-state index in [0.717, 1.165) is 27.9 Å². The van der Waals surface area contributed by atoms with Gasteiger partial charge in [-0.05, 0) is 47.8 Å². The zero-order valence-electron chi connectivity index (χ0n) is 12.4. The Labute approximate surface area is 142 Å². The highest BCUT2D eigenvalue weighted by atomic mass is 79.9. The van der Waals surface area contributed by atoms with Crippen molar-refractivity contribution in [3.8, 4) is 0 Å². The van der Waals surface area contributed by atoms with Crippen molar-refractivity contribution in [2.45, 2.75) is 12.8 Å². The molecule has 1 heterocycles. The van der Waals surface area contributed by atoms with Gasteiger partial charge in [0.25, 0.3) is 11.8 Å². The molecule has 4 aliphatic rings. The monoisotopic (exact) mass is 370 g/mol. The first-order chi connectivity index (χ1) is 11.1. The number of hydrazone groups is 1. The second-order valence-electron chi connectivity index (χ2n) is 7.01. The van der Waals surface area contributed by atoms with Crippen LogP contribution in [0.25, 0.3) is 0 Å². The van der Waals surface area contributed by atoms with Crippen molar-refractivity contribution >= 4 is 34.0 Å². The summed E-state index contributed by atoms with van der Waals surface area (Å²) >= 11 is 3.38. The number of nitrogens with zero attached hydrogens (tertiary/aromatic N) is 2. The fraction of sp³-hybridized carbons (Fsp3) is 0.389. The van der Waals surface area contributed by atoms with Crippen LogP contribution in [-0.4, -0.2) is 23.0 Å². The molecule has 4 nitrogen and oxygen atoms in total. The van der Waals surface area contributed by atoms with E-state index in [9.17, 15) is 9.59 Å². The molecule has 1 aromatic rings. The first-order valence-electron chi connectivity index (χ1n) is 7.97. The van der Waals surface area contributed by atoms with Gasteiger partial charge in [0.2, 0.25) is 0 Å². The number of carbonyl (C=O) groups is 2. The number of hydrogen-bond donors (Lipinski definition) is 0. The summed E-state index contributed by atoms with van der Waals surface area (Å²) in [6, 6.07) is 7.60. The van der Waals surface area contributed by atoms with Crippen molar-refractivity contribution in [3.63, 3.8) is 0 Å². The molecule has 3 fully saturated rings. The molecule has 0 aromatic heterocycles. The first-order valence-corrected chi connectivity index (χ1v) is 8.77. The van der Waals surface area contributed by atoms with E-state index < -0.39 is 0 Å². The minimum Gasteiger partial charge on any atom is -0.272 e. The van der Waals surface area contributed by atoms with Gasteiger partial charge in [-0.2, -0.15) is 10.1 Å². The zero-order chi connectivity index (χ0) is 15.8. The maximum absolute atomic E-state index is 12.7. The molecule has 5 rings (SSSR count). The van der Waals surface area contributed by atoms with Crippen LogP contribution in [0.3, 0.4) is 0 Å². The van der Waals surface area contributed by atoms with Crippen molar-refractivity contribution in [1.29, 1.82) is 0 Å². The molecule has 2 saturated carbocycles. The van der Waals surface area contributed by atoms with Crippen LogP contribution in [0.15, 0.2) is 46.0 Å². The van der Waals surface area contributed by atoms with Gasteiger partial charge in [0.15, 0.2) is 0 Å². The Hall–Kier alpha value is -1.75. The summed E-state index contributed by atoms with van der Waals surface area (Å²) in [5, 5.41) is 5.31. The maximum atomic E-state index is 12.7. The standard InChI is InChI=1S/C18H15BrN2O2/c19-11-3-1-10(2-4-11)9-20-21-16(22)14-12-5-6-13(15(14)17(21)23)18(12)7-8-18/h1-6,9,12-15H,7-8H2/b20-9+.